The van der Waals surface area contributed by atoms with E-state index in [4.69, 9.17) is 4.74 Å². The average Bonchev–Trinajstić information content (AvgIpc) is 3.17. The summed E-state index contributed by atoms with van der Waals surface area (Å²) >= 11 is 0.0148. The molecule has 9 heteroatoms. The number of aliphatic hydroxyl groups excluding tert-OH is 2. The normalized spacial score (nSPS) is 25.9. The van der Waals surface area contributed by atoms with Crippen molar-refractivity contribution in [1.29, 1.82) is 0 Å². The van der Waals surface area contributed by atoms with E-state index in [1.807, 2.05) is 17.1 Å². The predicted molar refractivity (Wildman–Crippen MR) is 89.5 cm³/mol. The van der Waals surface area contributed by atoms with Gasteiger partial charge in [-0.15, -0.1) is 0 Å². The minimum atomic E-state index is -1.20. The Kier molecular flexibility index (Phi) is 5.10. The monoisotopic (exact) mass is 414 g/mol. The van der Waals surface area contributed by atoms with Gasteiger partial charge in [0.25, 0.3) is 0 Å². The van der Waals surface area contributed by atoms with Gasteiger partial charge in [-0.2, -0.15) is 0 Å². The van der Waals surface area contributed by atoms with Crippen molar-refractivity contribution >= 4 is 20.5 Å². The molecule has 0 bridgehead atoms. The Morgan fingerprint density at radius 2 is 2.16 bits per heavy atom. The zero-order chi connectivity index (χ0) is 18.1. The van der Waals surface area contributed by atoms with Gasteiger partial charge >= 0.3 is 148 Å². The Morgan fingerprint density at radius 3 is 2.80 bits per heavy atom. The molecule has 4 atom stereocenters. The summed E-state index contributed by atoms with van der Waals surface area (Å²) in [6.45, 7) is 1.23. The standard InChI is InChI=1S/C16H18N2O6Se/c1-8(19)24-7-9-5-11(14(21)13(9)20)18-6-10(12-3-2-4-25-12)15(22)17-16(18)23/h2-4,6,9,11,13-14,20-21H,5,7H2,1H3,(H,17,22,23)/t9-,11-,13-,14+/m1/s1. The zero-order valence-electron chi connectivity index (χ0n) is 13.4. The molecule has 25 heavy (non-hydrogen) atoms. The van der Waals surface area contributed by atoms with Crippen molar-refractivity contribution in [3.8, 4) is 10.0 Å². The molecule has 0 amide bonds. The number of H-pyrrole nitrogens is 1. The quantitative estimate of drug-likeness (QED) is 0.442. The molecular formula is C16H18N2O6Se. The summed E-state index contributed by atoms with van der Waals surface area (Å²) in [5.74, 6) is -0.959. The van der Waals surface area contributed by atoms with Crippen molar-refractivity contribution in [1.82, 2.24) is 9.55 Å². The van der Waals surface area contributed by atoms with Crippen LogP contribution < -0.4 is 11.2 Å². The first-order valence-corrected chi connectivity index (χ1v) is 9.62. The molecule has 0 aromatic carbocycles. The van der Waals surface area contributed by atoms with Crippen LogP contribution in [-0.4, -0.2) is 59.1 Å². The Bertz CT molecular complexity index is 871. The average molecular weight is 413 g/mol. The van der Waals surface area contributed by atoms with Crippen molar-refractivity contribution in [3.63, 3.8) is 0 Å². The van der Waals surface area contributed by atoms with E-state index >= 15 is 0 Å². The van der Waals surface area contributed by atoms with Crippen molar-refractivity contribution < 1.29 is 19.7 Å². The number of aromatic amines is 1. The van der Waals surface area contributed by atoms with Crippen LogP contribution in [0.15, 0.2) is 32.9 Å². The predicted octanol–water partition coefficient (Wildman–Crippen LogP) is -0.893. The van der Waals surface area contributed by atoms with Gasteiger partial charge in [0, 0.05) is 0 Å². The SMILES string of the molecule is CC(=O)OC[C@H]1C[C@@H](n2cc(-c3ccc[se]3)c(=O)[nH]c2=O)[C@H](O)[C@@H]1O. The van der Waals surface area contributed by atoms with Gasteiger partial charge in [-0.25, -0.2) is 0 Å². The number of hydrogen-bond acceptors (Lipinski definition) is 6. The molecule has 2 aromatic heterocycles. The summed E-state index contributed by atoms with van der Waals surface area (Å²) in [7, 11) is 0. The van der Waals surface area contributed by atoms with Gasteiger partial charge in [0.05, 0.1) is 0 Å². The summed E-state index contributed by atoms with van der Waals surface area (Å²) in [5, 5.41) is 20.5. The molecule has 1 saturated carbocycles. The van der Waals surface area contributed by atoms with Gasteiger partial charge < -0.3 is 0 Å². The third-order valence-corrected chi connectivity index (χ3v) is 6.28. The van der Waals surface area contributed by atoms with E-state index in [1.165, 1.54) is 17.7 Å². The number of esters is 1. The van der Waals surface area contributed by atoms with Crippen LogP contribution in [0.2, 0.25) is 0 Å². The summed E-state index contributed by atoms with van der Waals surface area (Å²) < 4.78 is 7.01. The Balaban J connectivity index is 1.93. The second-order valence-corrected chi connectivity index (χ2v) is 8.02. The Labute approximate surface area is 148 Å². The van der Waals surface area contributed by atoms with Gasteiger partial charge in [0.1, 0.15) is 0 Å². The van der Waals surface area contributed by atoms with Crippen LogP contribution in [0.5, 0.6) is 0 Å². The fourth-order valence-corrected chi connectivity index (χ4v) is 4.64. The molecule has 3 rings (SSSR count). The first-order valence-electron chi connectivity index (χ1n) is 7.77. The molecule has 2 heterocycles. The van der Waals surface area contributed by atoms with Gasteiger partial charge in [-0.1, -0.05) is 0 Å². The molecule has 0 saturated heterocycles. The zero-order valence-corrected chi connectivity index (χ0v) is 15.1. The van der Waals surface area contributed by atoms with E-state index in [0.29, 0.717) is 5.56 Å². The van der Waals surface area contributed by atoms with Gasteiger partial charge in [-0.05, 0) is 0 Å². The van der Waals surface area contributed by atoms with E-state index in [-0.39, 0.29) is 27.5 Å². The molecule has 0 aliphatic heterocycles. The molecular weight excluding hydrogens is 395 g/mol. The number of carbonyl (C=O) groups excluding carboxylic acids is 1. The maximum absolute atomic E-state index is 12.2. The fourth-order valence-electron chi connectivity index (χ4n) is 3.10. The molecule has 0 radical (unpaired) electrons. The van der Waals surface area contributed by atoms with Crippen LogP contribution in [0.4, 0.5) is 0 Å². The van der Waals surface area contributed by atoms with Crippen molar-refractivity contribution in [2.45, 2.75) is 31.6 Å². The van der Waals surface area contributed by atoms with Gasteiger partial charge in [-0.3, -0.25) is 0 Å². The van der Waals surface area contributed by atoms with Crippen molar-refractivity contribution in [3.05, 3.63) is 44.1 Å². The number of hydrogen-bond donors (Lipinski definition) is 3. The Morgan fingerprint density at radius 1 is 1.40 bits per heavy atom. The van der Waals surface area contributed by atoms with E-state index in [1.54, 1.807) is 0 Å². The van der Waals surface area contributed by atoms with E-state index in [9.17, 15) is 24.6 Å². The molecule has 134 valence electrons. The van der Waals surface area contributed by atoms with Crippen LogP contribution in [0.25, 0.3) is 10.0 Å². The molecule has 1 aliphatic carbocycles. The summed E-state index contributed by atoms with van der Waals surface area (Å²) in [6.07, 6.45) is -0.624. The van der Waals surface area contributed by atoms with Crippen LogP contribution in [-0.2, 0) is 9.53 Å². The van der Waals surface area contributed by atoms with Gasteiger partial charge in [0.15, 0.2) is 0 Å². The maximum atomic E-state index is 12.2. The second-order valence-electron chi connectivity index (χ2n) is 6.03. The summed E-state index contributed by atoms with van der Waals surface area (Å²) in [6, 6.07) is 2.97. The Hall–Kier alpha value is -1.93. The molecule has 0 spiro atoms. The number of aromatic nitrogens is 2. The number of aliphatic hydroxyl groups is 2. The second kappa shape index (κ2) is 7.13. The first kappa shape index (κ1) is 17.9. The number of nitrogens with zero attached hydrogens (tertiary/aromatic N) is 1. The molecule has 8 nitrogen and oxygen atoms in total. The fraction of sp³-hybridized carbons (Fsp3) is 0.438. The number of rotatable bonds is 4. The molecule has 2 aromatic rings. The van der Waals surface area contributed by atoms with Crippen LogP contribution >= 0.6 is 0 Å². The molecule has 1 aliphatic rings. The van der Waals surface area contributed by atoms with Crippen molar-refractivity contribution in [2.24, 2.45) is 5.92 Å². The van der Waals surface area contributed by atoms with Gasteiger partial charge in [0.2, 0.25) is 0 Å². The number of nitrogens with one attached hydrogen (secondary N) is 1. The molecule has 3 N–H and O–H groups in total. The number of carbonyl (C=O) groups is 1. The molecule has 0 unspecified atom stereocenters. The van der Waals surface area contributed by atoms with Crippen molar-refractivity contribution in [2.75, 3.05) is 6.61 Å². The van der Waals surface area contributed by atoms with Crippen LogP contribution in [0.1, 0.15) is 19.4 Å². The summed E-state index contributed by atoms with van der Waals surface area (Å²) in [5.41, 5.74) is -0.727. The van der Waals surface area contributed by atoms with E-state index in [0.717, 1.165) is 4.44 Å². The third kappa shape index (κ3) is 3.55. The first-order chi connectivity index (χ1) is 11.9. The number of ether oxygens (including phenoxy) is 1. The van der Waals surface area contributed by atoms with Crippen LogP contribution in [0.3, 0.4) is 0 Å². The third-order valence-electron chi connectivity index (χ3n) is 4.38. The summed E-state index contributed by atoms with van der Waals surface area (Å²) in [4.78, 5) is 39.5. The van der Waals surface area contributed by atoms with E-state index in [2.05, 4.69) is 4.98 Å². The molecule has 1 fully saturated rings. The minimum absolute atomic E-state index is 0.0148. The van der Waals surface area contributed by atoms with Crippen LogP contribution in [0, 0.1) is 5.92 Å². The topological polar surface area (TPSA) is 122 Å². The van der Waals surface area contributed by atoms with E-state index < -0.39 is 41.4 Å².